The molecule has 1 amide bonds. The maximum Gasteiger partial charge on any atom is 0.277 e. The molecule has 31 heavy (non-hydrogen) atoms. The first kappa shape index (κ1) is 20.0. The van der Waals surface area contributed by atoms with Gasteiger partial charge >= 0.3 is 0 Å². The maximum atomic E-state index is 13.2. The molecule has 1 aromatic carbocycles. The fourth-order valence-corrected chi connectivity index (χ4v) is 4.89. The minimum Gasteiger partial charge on any atom is -0.334 e. The van der Waals surface area contributed by atoms with Crippen molar-refractivity contribution in [3.05, 3.63) is 69.3 Å². The second kappa shape index (κ2) is 7.96. The molecule has 0 saturated carbocycles. The van der Waals surface area contributed by atoms with E-state index in [2.05, 4.69) is 23.8 Å². The van der Waals surface area contributed by atoms with Crippen molar-refractivity contribution in [2.24, 2.45) is 0 Å². The van der Waals surface area contributed by atoms with Gasteiger partial charge in [0.05, 0.1) is 29.4 Å². The molecule has 2 aliphatic heterocycles. The van der Waals surface area contributed by atoms with Crippen LogP contribution in [0.5, 0.6) is 0 Å². The van der Waals surface area contributed by atoms with Crippen LogP contribution in [0, 0.1) is 0 Å². The highest BCUT2D eigenvalue weighted by Gasteiger charge is 2.32. The molecule has 1 N–H and O–H groups in total. The number of hydrogen-bond acceptors (Lipinski definition) is 4. The van der Waals surface area contributed by atoms with E-state index in [1.165, 1.54) is 0 Å². The summed E-state index contributed by atoms with van der Waals surface area (Å²) < 4.78 is 1.57. The number of nitrogens with one attached hydrogen (secondary N) is 1. The van der Waals surface area contributed by atoms with Crippen molar-refractivity contribution in [3.63, 3.8) is 0 Å². The van der Waals surface area contributed by atoms with E-state index in [1.54, 1.807) is 4.52 Å². The monoisotopic (exact) mass is 419 g/mol. The molecule has 0 aliphatic carbocycles. The van der Waals surface area contributed by atoms with Gasteiger partial charge in [0.15, 0.2) is 5.65 Å². The van der Waals surface area contributed by atoms with Gasteiger partial charge in [-0.3, -0.25) is 19.6 Å². The average Bonchev–Trinajstić information content (AvgIpc) is 3.41. The molecule has 0 unspecified atom stereocenters. The SMILES string of the molecule is CC(C)N1CCc2nc3cc([C@@H]4CCCN4C(=O)Cc4ccccc4)[nH]n3c(=O)c2C1. The van der Waals surface area contributed by atoms with Crippen LogP contribution in [0.4, 0.5) is 0 Å². The number of hydrogen-bond donors (Lipinski definition) is 1. The van der Waals surface area contributed by atoms with Crippen LogP contribution in [-0.4, -0.2) is 49.4 Å². The third-order valence-electron chi connectivity index (χ3n) is 6.67. The van der Waals surface area contributed by atoms with Crippen LogP contribution >= 0.6 is 0 Å². The number of rotatable bonds is 4. The first-order valence-electron chi connectivity index (χ1n) is 11.2. The fourth-order valence-electron chi connectivity index (χ4n) is 4.89. The van der Waals surface area contributed by atoms with Crippen molar-refractivity contribution in [2.45, 2.75) is 58.2 Å². The highest BCUT2D eigenvalue weighted by atomic mass is 16.2. The summed E-state index contributed by atoms with van der Waals surface area (Å²) in [5.74, 6) is 0.125. The maximum absolute atomic E-state index is 13.2. The Balaban J connectivity index is 1.44. The van der Waals surface area contributed by atoms with Gasteiger partial charge in [-0.2, -0.15) is 0 Å². The number of benzene rings is 1. The molecule has 0 spiro atoms. The minimum atomic E-state index is -0.0403. The van der Waals surface area contributed by atoms with Crippen LogP contribution in [0.2, 0.25) is 0 Å². The first-order valence-corrected chi connectivity index (χ1v) is 11.2. The number of aromatic amines is 1. The Morgan fingerprint density at radius 2 is 2.03 bits per heavy atom. The third kappa shape index (κ3) is 3.67. The quantitative estimate of drug-likeness (QED) is 0.706. The Bertz CT molecular complexity index is 1160. The number of nitrogens with zero attached hydrogens (tertiary/aromatic N) is 4. The van der Waals surface area contributed by atoms with Gasteiger partial charge in [0.25, 0.3) is 5.56 Å². The lowest BCUT2D eigenvalue weighted by Crippen LogP contribution is -2.40. The van der Waals surface area contributed by atoms with E-state index in [4.69, 9.17) is 4.98 Å². The molecule has 0 bridgehead atoms. The third-order valence-corrected chi connectivity index (χ3v) is 6.67. The van der Waals surface area contributed by atoms with E-state index in [0.29, 0.717) is 24.7 Å². The van der Waals surface area contributed by atoms with Crippen LogP contribution in [0.25, 0.3) is 5.65 Å². The van der Waals surface area contributed by atoms with Crippen LogP contribution in [0.1, 0.15) is 55.2 Å². The summed E-state index contributed by atoms with van der Waals surface area (Å²) in [4.78, 5) is 35.3. The Morgan fingerprint density at radius 1 is 1.23 bits per heavy atom. The second-order valence-corrected chi connectivity index (χ2v) is 8.97. The smallest absolute Gasteiger partial charge is 0.277 e. The molecular weight excluding hydrogens is 390 g/mol. The molecule has 3 aromatic rings. The number of carbonyl (C=O) groups is 1. The zero-order valence-corrected chi connectivity index (χ0v) is 18.2. The molecule has 2 aliphatic rings. The van der Waals surface area contributed by atoms with Gasteiger partial charge in [0.2, 0.25) is 5.91 Å². The first-order chi connectivity index (χ1) is 15.0. The molecule has 1 atom stereocenters. The van der Waals surface area contributed by atoms with Crippen LogP contribution in [0.15, 0.2) is 41.2 Å². The molecule has 1 fully saturated rings. The lowest BCUT2D eigenvalue weighted by atomic mass is 10.1. The van der Waals surface area contributed by atoms with E-state index < -0.39 is 0 Å². The Hall–Kier alpha value is -2.93. The van der Waals surface area contributed by atoms with Crippen LogP contribution in [-0.2, 0) is 24.2 Å². The molecule has 2 aromatic heterocycles. The summed E-state index contributed by atoms with van der Waals surface area (Å²) in [7, 11) is 0. The number of aromatic nitrogens is 3. The number of likely N-dealkylation sites (tertiary alicyclic amines) is 1. The van der Waals surface area contributed by atoms with Gasteiger partial charge in [0, 0.05) is 38.2 Å². The van der Waals surface area contributed by atoms with Crippen molar-refractivity contribution in [3.8, 4) is 0 Å². The molecule has 7 heteroatoms. The fraction of sp³-hybridized carbons (Fsp3) is 0.458. The number of amides is 1. The molecular formula is C24H29N5O2. The minimum absolute atomic E-state index is 0.0169. The van der Waals surface area contributed by atoms with E-state index in [9.17, 15) is 9.59 Å². The number of H-pyrrole nitrogens is 1. The summed E-state index contributed by atoms with van der Waals surface area (Å²) in [6, 6.07) is 12.2. The predicted molar refractivity (Wildman–Crippen MR) is 119 cm³/mol. The normalized spacial score (nSPS) is 19.3. The lowest BCUT2D eigenvalue weighted by molar-refractivity contribution is -0.131. The van der Waals surface area contributed by atoms with E-state index >= 15 is 0 Å². The largest absolute Gasteiger partial charge is 0.334 e. The van der Waals surface area contributed by atoms with E-state index in [1.807, 2.05) is 41.3 Å². The molecule has 162 valence electrons. The zero-order chi connectivity index (χ0) is 21.5. The Labute approximate surface area is 181 Å². The summed E-state index contributed by atoms with van der Waals surface area (Å²) in [6.45, 7) is 6.62. The van der Waals surface area contributed by atoms with Gasteiger partial charge in [-0.05, 0) is 32.3 Å². The van der Waals surface area contributed by atoms with Gasteiger partial charge in [-0.15, -0.1) is 0 Å². The summed E-state index contributed by atoms with van der Waals surface area (Å²) >= 11 is 0. The summed E-state index contributed by atoms with van der Waals surface area (Å²) in [5.41, 5.74) is 4.25. The van der Waals surface area contributed by atoms with E-state index in [0.717, 1.165) is 54.9 Å². The van der Waals surface area contributed by atoms with Gasteiger partial charge in [-0.1, -0.05) is 30.3 Å². The average molecular weight is 420 g/mol. The summed E-state index contributed by atoms with van der Waals surface area (Å²) in [5, 5.41) is 3.28. The molecule has 0 radical (unpaired) electrons. The standard InChI is InChI=1S/C24H29N5O2/c1-16(2)27-12-10-19-18(15-27)24(31)29-22(25-19)14-20(26-29)21-9-6-11-28(21)23(30)13-17-7-4-3-5-8-17/h3-5,7-8,14,16,21,26H,6,9-13,15H2,1-2H3/t21-/m0/s1. The second-order valence-electron chi connectivity index (χ2n) is 8.97. The highest BCUT2D eigenvalue weighted by molar-refractivity contribution is 5.79. The van der Waals surface area contributed by atoms with Gasteiger partial charge in [0.1, 0.15) is 0 Å². The number of carbonyl (C=O) groups excluding carboxylic acids is 1. The molecule has 4 heterocycles. The van der Waals surface area contributed by atoms with Crippen molar-refractivity contribution in [1.82, 2.24) is 24.4 Å². The van der Waals surface area contributed by atoms with E-state index in [-0.39, 0.29) is 17.5 Å². The van der Waals surface area contributed by atoms with Crippen LogP contribution < -0.4 is 5.56 Å². The topological polar surface area (TPSA) is 73.7 Å². The predicted octanol–water partition coefficient (Wildman–Crippen LogP) is 2.70. The zero-order valence-electron chi connectivity index (χ0n) is 18.2. The van der Waals surface area contributed by atoms with Crippen molar-refractivity contribution in [1.29, 1.82) is 0 Å². The Morgan fingerprint density at radius 3 is 2.81 bits per heavy atom. The molecule has 1 saturated heterocycles. The van der Waals surface area contributed by atoms with Crippen molar-refractivity contribution >= 4 is 11.6 Å². The Kier molecular flexibility index (Phi) is 5.14. The highest BCUT2D eigenvalue weighted by Crippen LogP contribution is 2.32. The molecule has 7 nitrogen and oxygen atoms in total. The van der Waals surface area contributed by atoms with Crippen molar-refractivity contribution in [2.75, 3.05) is 13.1 Å². The summed E-state index contributed by atoms with van der Waals surface area (Å²) in [6.07, 6.45) is 3.05. The molecule has 5 rings (SSSR count). The van der Waals surface area contributed by atoms with Crippen LogP contribution in [0.3, 0.4) is 0 Å². The van der Waals surface area contributed by atoms with Gasteiger partial charge in [-0.25, -0.2) is 9.50 Å². The van der Waals surface area contributed by atoms with Gasteiger partial charge < -0.3 is 4.90 Å². The lowest BCUT2D eigenvalue weighted by Gasteiger charge is -2.30. The van der Waals surface area contributed by atoms with Crippen molar-refractivity contribution < 1.29 is 4.79 Å². The number of fused-ring (bicyclic) bond motifs is 2.